The highest BCUT2D eigenvalue weighted by atomic mass is 19.1. The SMILES string of the molecule is COC(=O)NCCCN=C(C=C(N)C(C)NC1CC1)c1ccc(F)cc1. The number of amides is 1. The fourth-order valence-electron chi connectivity index (χ4n) is 2.36. The molecule has 6 nitrogen and oxygen atoms in total. The number of methoxy groups -OCH3 is 1. The molecule has 7 heteroatoms. The highest BCUT2D eigenvalue weighted by Gasteiger charge is 2.23. The van der Waals surface area contributed by atoms with Gasteiger partial charge in [-0.2, -0.15) is 0 Å². The van der Waals surface area contributed by atoms with Crippen LogP contribution in [-0.4, -0.2) is 44.1 Å². The van der Waals surface area contributed by atoms with Crippen LogP contribution in [0.25, 0.3) is 0 Å². The maximum atomic E-state index is 13.2. The van der Waals surface area contributed by atoms with Crippen LogP contribution < -0.4 is 16.4 Å². The third kappa shape index (κ3) is 6.84. The average Bonchev–Trinajstić information content (AvgIpc) is 3.44. The molecule has 1 saturated carbocycles. The van der Waals surface area contributed by atoms with Crippen molar-refractivity contribution in [2.45, 2.75) is 38.3 Å². The van der Waals surface area contributed by atoms with Gasteiger partial charge in [-0.1, -0.05) is 0 Å². The van der Waals surface area contributed by atoms with Gasteiger partial charge in [-0.15, -0.1) is 0 Å². The normalized spacial score (nSPS) is 16.3. The van der Waals surface area contributed by atoms with Crippen LogP contribution in [0.3, 0.4) is 0 Å². The number of carbonyl (C=O) groups excluding carboxylic acids is 1. The molecule has 2 rings (SSSR count). The van der Waals surface area contributed by atoms with Crippen molar-refractivity contribution in [1.29, 1.82) is 0 Å². The smallest absolute Gasteiger partial charge is 0.406 e. The Balaban J connectivity index is 2.04. The molecular formula is C19H27FN4O2. The number of ether oxygens (including phenoxy) is 1. The molecular weight excluding hydrogens is 335 g/mol. The molecule has 1 atom stereocenters. The lowest BCUT2D eigenvalue weighted by Crippen LogP contribution is -2.33. The van der Waals surface area contributed by atoms with Crippen molar-refractivity contribution in [1.82, 2.24) is 10.6 Å². The van der Waals surface area contributed by atoms with E-state index in [2.05, 4.69) is 20.4 Å². The molecule has 4 N–H and O–H groups in total. The average molecular weight is 362 g/mol. The van der Waals surface area contributed by atoms with Crippen molar-refractivity contribution in [2.75, 3.05) is 20.2 Å². The lowest BCUT2D eigenvalue weighted by atomic mass is 10.1. The summed E-state index contributed by atoms with van der Waals surface area (Å²) < 4.78 is 17.7. The third-order valence-corrected chi connectivity index (χ3v) is 4.08. The predicted octanol–water partition coefficient (Wildman–Crippen LogP) is 2.34. The van der Waals surface area contributed by atoms with Gasteiger partial charge >= 0.3 is 6.09 Å². The number of allylic oxidation sites excluding steroid dienone is 1. The van der Waals surface area contributed by atoms with Crippen molar-refractivity contribution in [3.63, 3.8) is 0 Å². The highest BCUT2D eigenvalue weighted by Crippen LogP contribution is 2.20. The second-order valence-electron chi connectivity index (χ2n) is 6.35. The van der Waals surface area contributed by atoms with Crippen LogP contribution in [0.2, 0.25) is 0 Å². The molecule has 1 aromatic carbocycles. The molecule has 0 saturated heterocycles. The molecule has 0 aromatic heterocycles. The van der Waals surface area contributed by atoms with E-state index in [1.807, 2.05) is 13.0 Å². The summed E-state index contributed by atoms with van der Waals surface area (Å²) in [4.78, 5) is 15.6. The minimum Gasteiger partial charge on any atom is -0.453 e. The number of aliphatic imine (C=N–C) groups is 1. The van der Waals surface area contributed by atoms with E-state index in [0.717, 1.165) is 5.56 Å². The number of alkyl carbamates (subject to hydrolysis) is 1. The van der Waals surface area contributed by atoms with Crippen LogP contribution in [0.5, 0.6) is 0 Å². The number of carbonyl (C=O) groups is 1. The van der Waals surface area contributed by atoms with Crippen LogP contribution in [0.15, 0.2) is 41.0 Å². The summed E-state index contributed by atoms with van der Waals surface area (Å²) >= 11 is 0. The number of nitrogens with one attached hydrogen (secondary N) is 2. The van der Waals surface area contributed by atoms with Gasteiger partial charge in [0.05, 0.1) is 12.8 Å². The molecule has 1 aliphatic rings. The van der Waals surface area contributed by atoms with E-state index in [1.165, 1.54) is 32.1 Å². The summed E-state index contributed by atoms with van der Waals surface area (Å²) in [5.74, 6) is -0.295. The zero-order valence-corrected chi connectivity index (χ0v) is 15.3. The molecule has 0 aliphatic heterocycles. The molecule has 0 spiro atoms. The van der Waals surface area contributed by atoms with Gasteiger partial charge < -0.3 is 21.1 Å². The quantitative estimate of drug-likeness (QED) is 0.465. The summed E-state index contributed by atoms with van der Waals surface area (Å²) in [6.07, 6.45) is 4.40. The molecule has 1 amide bonds. The number of hydrogen-bond donors (Lipinski definition) is 3. The van der Waals surface area contributed by atoms with Gasteiger partial charge in [0.25, 0.3) is 0 Å². The largest absolute Gasteiger partial charge is 0.453 e. The van der Waals surface area contributed by atoms with Crippen LogP contribution in [0.1, 0.15) is 31.7 Å². The maximum Gasteiger partial charge on any atom is 0.406 e. The zero-order valence-electron chi connectivity index (χ0n) is 15.3. The molecule has 26 heavy (non-hydrogen) atoms. The Morgan fingerprint density at radius 2 is 2.12 bits per heavy atom. The molecule has 1 fully saturated rings. The van der Waals surface area contributed by atoms with Gasteiger partial charge in [-0.05, 0) is 62.1 Å². The molecule has 142 valence electrons. The van der Waals surface area contributed by atoms with Gasteiger partial charge in [-0.3, -0.25) is 4.99 Å². The summed E-state index contributed by atoms with van der Waals surface area (Å²) in [5.41, 5.74) is 8.41. The first-order valence-corrected chi connectivity index (χ1v) is 8.85. The minimum absolute atomic E-state index is 0.0501. The summed E-state index contributed by atoms with van der Waals surface area (Å²) in [5, 5.41) is 6.06. The van der Waals surface area contributed by atoms with Gasteiger partial charge in [0.2, 0.25) is 0 Å². The van der Waals surface area contributed by atoms with Crippen LogP contribution >= 0.6 is 0 Å². The van der Waals surface area contributed by atoms with Crippen LogP contribution in [0.4, 0.5) is 9.18 Å². The second kappa shape index (κ2) is 9.91. The van der Waals surface area contributed by atoms with Gasteiger partial charge in [-0.25, -0.2) is 9.18 Å². The third-order valence-electron chi connectivity index (χ3n) is 4.08. The Labute approximate surface area is 153 Å². The minimum atomic E-state index is -0.461. The van der Waals surface area contributed by atoms with Gasteiger partial charge in [0, 0.05) is 30.9 Å². The fourth-order valence-corrected chi connectivity index (χ4v) is 2.36. The highest BCUT2D eigenvalue weighted by molar-refractivity contribution is 6.09. The predicted molar refractivity (Wildman–Crippen MR) is 101 cm³/mol. The molecule has 0 heterocycles. The number of hydrogen-bond acceptors (Lipinski definition) is 5. The van der Waals surface area contributed by atoms with Gasteiger partial charge in [0.1, 0.15) is 5.82 Å². The van der Waals surface area contributed by atoms with Crippen molar-refractivity contribution in [3.8, 4) is 0 Å². The van der Waals surface area contributed by atoms with E-state index in [4.69, 9.17) is 5.73 Å². The van der Waals surface area contributed by atoms with E-state index < -0.39 is 6.09 Å². The van der Waals surface area contributed by atoms with Crippen molar-refractivity contribution in [2.24, 2.45) is 10.7 Å². The van der Waals surface area contributed by atoms with Crippen molar-refractivity contribution >= 4 is 11.8 Å². The number of halogens is 1. The lowest BCUT2D eigenvalue weighted by Gasteiger charge is -2.14. The van der Waals surface area contributed by atoms with Crippen LogP contribution in [0, 0.1) is 5.82 Å². The van der Waals surface area contributed by atoms with E-state index in [0.29, 0.717) is 37.0 Å². The fraction of sp³-hybridized carbons (Fsp3) is 0.474. The van der Waals surface area contributed by atoms with E-state index in [1.54, 1.807) is 12.1 Å². The molecule has 0 bridgehead atoms. The topological polar surface area (TPSA) is 88.7 Å². The second-order valence-corrected chi connectivity index (χ2v) is 6.35. The first kappa shape index (κ1) is 19.9. The number of nitrogens with zero attached hydrogens (tertiary/aromatic N) is 1. The molecule has 0 radical (unpaired) electrons. The Morgan fingerprint density at radius 3 is 2.73 bits per heavy atom. The van der Waals surface area contributed by atoms with Crippen molar-refractivity contribution in [3.05, 3.63) is 47.4 Å². The number of benzene rings is 1. The molecule has 1 aromatic rings. The summed E-state index contributed by atoms with van der Waals surface area (Å²) in [6.45, 7) is 2.99. The monoisotopic (exact) mass is 362 g/mol. The maximum absolute atomic E-state index is 13.2. The molecule has 1 unspecified atom stereocenters. The Hall–Kier alpha value is -2.41. The summed E-state index contributed by atoms with van der Waals surface area (Å²) in [7, 11) is 1.32. The van der Waals surface area contributed by atoms with Crippen LogP contribution in [-0.2, 0) is 4.74 Å². The Bertz CT molecular complexity index is 654. The first-order chi connectivity index (χ1) is 12.5. The zero-order chi connectivity index (χ0) is 18.9. The standard InChI is InChI=1S/C19H27FN4O2/c1-13(24-16-8-9-16)17(21)12-18(14-4-6-15(20)7-5-14)22-10-3-11-23-19(25)26-2/h4-7,12-13,16,24H,3,8-11,21H2,1-2H3,(H,23,25). The van der Waals surface area contributed by atoms with E-state index in [-0.39, 0.29) is 11.9 Å². The van der Waals surface area contributed by atoms with Gasteiger partial charge in [0.15, 0.2) is 0 Å². The lowest BCUT2D eigenvalue weighted by molar-refractivity contribution is 0.171. The number of rotatable bonds is 9. The van der Waals surface area contributed by atoms with Crippen molar-refractivity contribution < 1.29 is 13.9 Å². The Morgan fingerprint density at radius 1 is 1.42 bits per heavy atom. The summed E-state index contributed by atoms with van der Waals surface area (Å²) in [6, 6.07) is 6.77. The number of nitrogens with two attached hydrogens (primary N) is 1. The van der Waals surface area contributed by atoms with E-state index >= 15 is 0 Å². The Kier molecular flexibility index (Phi) is 7.59. The van der Waals surface area contributed by atoms with E-state index in [9.17, 15) is 9.18 Å². The molecule has 1 aliphatic carbocycles. The first-order valence-electron chi connectivity index (χ1n) is 8.85.